The van der Waals surface area contributed by atoms with Crippen molar-refractivity contribution in [3.05, 3.63) is 0 Å². The molecule has 0 fully saturated rings. The minimum absolute atomic E-state index is 0.238. The molecule has 0 aromatic carbocycles. The van der Waals surface area contributed by atoms with Gasteiger partial charge in [-0.15, -0.1) is 11.6 Å². The van der Waals surface area contributed by atoms with E-state index in [9.17, 15) is 0 Å². The molecule has 2 nitrogen and oxygen atoms in total. The first kappa shape index (κ1) is 12.4. The second kappa shape index (κ2) is 8.04. The maximum absolute atomic E-state index is 6.09. The van der Waals surface area contributed by atoms with Crippen molar-refractivity contribution >= 4 is 20.9 Å². The molecule has 0 N–H and O–H groups in total. The molecular formula is C8H19ClO2Si. The molecule has 1 atom stereocenters. The molecule has 0 aliphatic rings. The van der Waals surface area contributed by atoms with Gasteiger partial charge in [0.25, 0.3) is 0 Å². The van der Waals surface area contributed by atoms with Gasteiger partial charge in [0.05, 0.1) is 0 Å². The van der Waals surface area contributed by atoms with Crippen molar-refractivity contribution in [1.82, 2.24) is 0 Å². The van der Waals surface area contributed by atoms with Crippen LogP contribution in [0.25, 0.3) is 0 Å². The summed E-state index contributed by atoms with van der Waals surface area (Å²) in [7, 11) is 1.97. The van der Waals surface area contributed by atoms with Gasteiger partial charge in [-0.1, -0.05) is 19.8 Å². The van der Waals surface area contributed by atoms with Crippen LogP contribution in [0.1, 0.15) is 26.2 Å². The summed E-state index contributed by atoms with van der Waals surface area (Å²) in [5.74, 6) is 0. The lowest BCUT2D eigenvalue weighted by atomic mass is 10.2. The molecule has 0 aliphatic heterocycles. The fourth-order valence-electron chi connectivity index (χ4n) is 1.04. The van der Waals surface area contributed by atoms with Gasteiger partial charge in [-0.2, -0.15) is 0 Å². The average Bonchev–Trinajstić information content (AvgIpc) is 2.10. The van der Waals surface area contributed by atoms with Crippen molar-refractivity contribution in [2.75, 3.05) is 14.2 Å². The van der Waals surface area contributed by atoms with E-state index in [-0.39, 0.29) is 5.38 Å². The summed E-state index contributed by atoms with van der Waals surface area (Å²) < 4.78 is 10.4. The Bertz CT molecular complexity index is 99.1. The zero-order valence-corrected chi connectivity index (χ0v) is 10.1. The number of halogens is 1. The summed E-state index contributed by atoms with van der Waals surface area (Å²) in [5.41, 5.74) is 0. The summed E-state index contributed by atoms with van der Waals surface area (Å²) in [6, 6.07) is 0.911. The van der Waals surface area contributed by atoms with E-state index < -0.39 is 9.28 Å². The maximum Gasteiger partial charge on any atom is 0.322 e. The van der Waals surface area contributed by atoms with E-state index in [4.69, 9.17) is 20.5 Å². The maximum atomic E-state index is 6.09. The third-order valence-electron chi connectivity index (χ3n) is 1.84. The molecule has 0 heterocycles. The van der Waals surface area contributed by atoms with E-state index in [0.29, 0.717) is 0 Å². The third kappa shape index (κ3) is 6.00. The predicted octanol–water partition coefficient (Wildman–Crippen LogP) is 2.30. The Morgan fingerprint density at radius 1 is 1.33 bits per heavy atom. The molecule has 0 saturated heterocycles. The average molecular weight is 211 g/mol. The van der Waals surface area contributed by atoms with Gasteiger partial charge in [0.1, 0.15) is 0 Å². The molecule has 0 saturated carbocycles. The highest BCUT2D eigenvalue weighted by molar-refractivity contribution is 6.46. The Morgan fingerprint density at radius 3 is 2.33 bits per heavy atom. The van der Waals surface area contributed by atoms with Gasteiger partial charge >= 0.3 is 9.28 Å². The normalized spacial score (nSPS) is 13.8. The van der Waals surface area contributed by atoms with Crippen molar-refractivity contribution in [2.24, 2.45) is 0 Å². The van der Waals surface area contributed by atoms with Crippen molar-refractivity contribution < 1.29 is 8.85 Å². The fraction of sp³-hybridized carbons (Fsp3) is 1.00. The summed E-state index contributed by atoms with van der Waals surface area (Å²) in [4.78, 5) is 0. The lowest BCUT2D eigenvalue weighted by molar-refractivity contribution is 0.276. The minimum Gasteiger partial charge on any atom is -0.400 e. The molecule has 0 spiro atoms. The molecule has 0 rings (SSSR count). The van der Waals surface area contributed by atoms with Crippen molar-refractivity contribution in [1.29, 1.82) is 0 Å². The van der Waals surface area contributed by atoms with Crippen molar-refractivity contribution in [2.45, 2.75) is 37.6 Å². The number of rotatable bonds is 7. The molecule has 4 heteroatoms. The van der Waals surface area contributed by atoms with Gasteiger partial charge in [-0.25, -0.2) is 0 Å². The van der Waals surface area contributed by atoms with E-state index in [1.54, 1.807) is 14.2 Å². The van der Waals surface area contributed by atoms with Crippen molar-refractivity contribution in [3.63, 3.8) is 0 Å². The molecule has 0 aliphatic carbocycles. The van der Waals surface area contributed by atoms with Gasteiger partial charge < -0.3 is 8.85 Å². The molecule has 74 valence electrons. The highest BCUT2D eigenvalue weighted by atomic mass is 35.5. The summed E-state index contributed by atoms with van der Waals surface area (Å²) >= 11 is 6.09. The molecule has 0 radical (unpaired) electrons. The molecule has 12 heavy (non-hydrogen) atoms. The van der Waals surface area contributed by atoms with Crippen LogP contribution in [0.2, 0.25) is 6.04 Å². The molecular weight excluding hydrogens is 192 g/mol. The standard InChI is InChI=1S/C8H19ClO2Si/c1-4-5-6-8(9)7-12(10-2)11-3/h8,12H,4-7H2,1-3H3. The predicted molar refractivity (Wildman–Crippen MR) is 55.1 cm³/mol. The summed E-state index contributed by atoms with van der Waals surface area (Å²) in [6.45, 7) is 2.17. The third-order valence-corrected chi connectivity index (χ3v) is 4.55. The van der Waals surface area contributed by atoms with Crippen LogP contribution in [0.15, 0.2) is 0 Å². The number of hydrogen-bond donors (Lipinski definition) is 0. The van der Waals surface area contributed by atoms with Gasteiger partial charge in [0.2, 0.25) is 0 Å². The smallest absolute Gasteiger partial charge is 0.322 e. The number of unbranched alkanes of at least 4 members (excludes halogenated alkanes) is 1. The van der Waals surface area contributed by atoms with Crippen LogP contribution in [0.5, 0.6) is 0 Å². The number of hydrogen-bond acceptors (Lipinski definition) is 2. The van der Waals surface area contributed by atoms with Crippen LogP contribution in [0.3, 0.4) is 0 Å². The topological polar surface area (TPSA) is 18.5 Å². The molecule has 0 aromatic heterocycles. The first-order chi connectivity index (χ1) is 5.74. The van der Waals surface area contributed by atoms with Crippen LogP contribution in [0, 0.1) is 0 Å². The van der Waals surface area contributed by atoms with Crippen LogP contribution < -0.4 is 0 Å². The molecule has 0 aromatic rings. The van der Waals surface area contributed by atoms with Crippen LogP contribution >= 0.6 is 11.6 Å². The van der Waals surface area contributed by atoms with Crippen LogP contribution in [0.4, 0.5) is 0 Å². The van der Waals surface area contributed by atoms with Gasteiger partial charge in [-0.3, -0.25) is 0 Å². The highest BCUT2D eigenvalue weighted by Crippen LogP contribution is 2.14. The van der Waals surface area contributed by atoms with E-state index in [1.165, 1.54) is 12.8 Å². The van der Waals surface area contributed by atoms with Crippen molar-refractivity contribution in [3.8, 4) is 0 Å². The first-order valence-corrected chi connectivity index (χ1v) is 6.63. The Hall–Kier alpha value is 0.427. The molecule has 0 amide bonds. The SMILES string of the molecule is CCCCC(Cl)C[SiH](OC)OC. The highest BCUT2D eigenvalue weighted by Gasteiger charge is 2.15. The Labute approximate surface area is 82.0 Å². The second-order valence-electron chi connectivity index (χ2n) is 2.88. The molecule has 1 unspecified atom stereocenters. The summed E-state index contributed by atoms with van der Waals surface area (Å²) in [5, 5.41) is 0.238. The van der Waals surface area contributed by atoms with Gasteiger partial charge in [0, 0.05) is 25.6 Å². The zero-order valence-electron chi connectivity index (χ0n) is 8.18. The lowest BCUT2D eigenvalue weighted by Gasteiger charge is -2.14. The van der Waals surface area contributed by atoms with E-state index in [0.717, 1.165) is 12.5 Å². The van der Waals surface area contributed by atoms with E-state index in [2.05, 4.69) is 6.92 Å². The zero-order chi connectivity index (χ0) is 9.40. The van der Waals surface area contributed by atoms with Gasteiger partial charge in [-0.05, 0) is 6.42 Å². The number of alkyl halides is 1. The monoisotopic (exact) mass is 210 g/mol. The Balaban J connectivity index is 3.44. The van der Waals surface area contributed by atoms with Gasteiger partial charge in [0.15, 0.2) is 0 Å². The van der Waals surface area contributed by atoms with E-state index >= 15 is 0 Å². The van der Waals surface area contributed by atoms with Crippen LogP contribution in [-0.2, 0) is 8.85 Å². The van der Waals surface area contributed by atoms with Crippen LogP contribution in [-0.4, -0.2) is 28.9 Å². The first-order valence-electron chi connectivity index (χ1n) is 4.44. The lowest BCUT2D eigenvalue weighted by Crippen LogP contribution is -2.22. The Kier molecular flexibility index (Phi) is 8.33. The largest absolute Gasteiger partial charge is 0.400 e. The summed E-state index contributed by atoms with van der Waals surface area (Å²) in [6.07, 6.45) is 3.48. The quantitative estimate of drug-likeness (QED) is 0.474. The Morgan fingerprint density at radius 2 is 1.92 bits per heavy atom. The second-order valence-corrected chi connectivity index (χ2v) is 5.77. The van der Waals surface area contributed by atoms with E-state index in [1.807, 2.05) is 0 Å². The minimum atomic E-state index is -1.42. The fourth-order valence-corrected chi connectivity index (χ4v) is 2.86. The molecule has 0 bridgehead atoms.